The number of primary amides is 1. The first-order valence-electron chi connectivity index (χ1n) is 8.99. The van der Waals surface area contributed by atoms with Crippen LogP contribution in [0.3, 0.4) is 0 Å². The summed E-state index contributed by atoms with van der Waals surface area (Å²) in [7, 11) is 0. The number of rotatable bonds is 7. The zero-order valence-corrected chi connectivity index (χ0v) is 15.6. The van der Waals surface area contributed by atoms with Gasteiger partial charge in [0.2, 0.25) is 0 Å². The number of para-hydroxylation sites is 2. The summed E-state index contributed by atoms with van der Waals surface area (Å²) < 4.78 is 0. The smallest absolute Gasteiger partial charge is 0.250 e. The van der Waals surface area contributed by atoms with Gasteiger partial charge in [0.15, 0.2) is 0 Å². The molecule has 0 atom stereocenters. The van der Waals surface area contributed by atoms with E-state index in [1.807, 2.05) is 36.4 Å². The highest BCUT2D eigenvalue weighted by Crippen LogP contribution is 2.26. The Kier molecular flexibility index (Phi) is 6.36. The molecule has 1 fully saturated rings. The molecule has 5 nitrogen and oxygen atoms in total. The van der Waals surface area contributed by atoms with Crippen LogP contribution in [0.25, 0.3) is 0 Å². The van der Waals surface area contributed by atoms with Crippen molar-refractivity contribution in [1.29, 1.82) is 0 Å². The highest BCUT2D eigenvalue weighted by Gasteiger charge is 2.18. The number of halogens is 1. The molecular formula is C20H25ClN4O. The number of anilines is 2. The first-order chi connectivity index (χ1) is 12.6. The Morgan fingerprint density at radius 3 is 2.46 bits per heavy atom. The second-order valence-electron chi connectivity index (χ2n) is 6.47. The molecule has 0 spiro atoms. The molecule has 0 saturated carbocycles. The maximum absolute atomic E-state index is 11.4. The normalized spacial score (nSPS) is 15.0. The number of benzene rings is 2. The van der Waals surface area contributed by atoms with Crippen LogP contribution < -0.4 is 16.0 Å². The molecule has 0 radical (unpaired) electrons. The van der Waals surface area contributed by atoms with Gasteiger partial charge in [-0.3, -0.25) is 9.69 Å². The summed E-state index contributed by atoms with van der Waals surface area (Å²) in [6.07, 6.45) is 1.01. The van der Waals surface area contributed by atoms with E-state index < -0.39 is 5.91 Å². The molecule has 0 unspecified atom stereocenters. The van der Waals surface area contributed by atoms with Crippen LogP contribution in [-0.2, 0) is 0 Å². The lowest BCUT2D eigenvalue weighted by Crippen LogP contribution is -2.46. The van der Waals surface area contributed by atoms with Crippen LogP contribution in [0, 0.1) is 0 Å². The molecule has 2 aromatic carbocycles. The predicted octanol–water partition coefficient (Wildman–Crippen LogP) is 3.06. The fourth-order valence-corrected chi connectivity index (χ4v) is 3.55. The number of nitrogens with two attached hydrogens (primary N) is 1. The van der Waals surface area contributed by atoms with Gasteiger partial charge in [-0.1, -0.05) is 35.9 Å². The topological polar surface area (TPSA) is 61.6 Å². The van der Waals surface area contributed by atoms with Gasteiger partial charge in [0.05, 0.1) is 16.3 Å². The zero-order valence-electron chi connectivity index (χ0n) is 14.8. The number of nitrogens with zero attached hydrogens (tertiary/aromatic N) is 2. The summed E-state index contributed by atoms with van der Waals surface area (Å²) in [6, 6.07) is 15.4. The van der Waals surface area contributed by atoms with E-state index in [0.29, 0.717) is 5.56 Å². The Bertz CT molecular complexity index is 744. The number of nitrogens with one attached hydrogen (secondary N) is 1. The lowest BCUT2D eigenvalue weighted by Gasteiger charge is -2.36. The fourth-order valence-electron chi connectivity index (χ4n) is 3.30. The third kappa shape index (κ3) is 4.68. The Morgan fingerprint density at radius 2 is 1.73 bits per heavy atom. The van der Waals surface area contributed by atoms with Crippen LogP contribution in [0.5, 0.6) is 0 Å². The minimum absolute atomic E-state index is 0.399. The Morgan fingerprint density at radius 1 is 1.04 bits per heavy atom. The van der Waals surface area contributed by atoms with E-state index in [2.05, 4.69) is 21.2 Å². The average molecular weight is 373 g/mol. The number of carbonyl (C=O) groups is 1. The Balaban J connectivity index is 1.41. The van der Waals surface area contributed by atoms with Crippen molar-refractivity contribution in [1.82, 2.24) is 4.90 Å². The van der Waals surface area contributed by atoms with Crippen LogP contribution in [0.1, 0.15) is 16.8 Å². The fraction of sp³-hybridized carbons (Fsp3) is 0.350. The van der Waals surface area contributed by atoms with Crippen LogP contribution in [-0.4, -0.2) is 50.1 Å². The van der Waals surface area contributed by atoms with Crippen molar-refractivity contribution in [3.05, 3.63) is 59.1 Å². The first-order valence-corrected chi connectivity index (χ1v) is 9.37. The van der Waals surface area contributed by atoms with E-state index in [4.69, 9.17) is 17.3 Å². The molecule has 0 bridgehead atoms. The van der Waals surface area contributed by atoms with E-state index >= 15 is 0 Å². The second-order valence-corrected chi connectivity index (χ2v) is 6.88. The second kappa shape index (κ2) is 8.92. The number of piperazine rings is 1. The van der Waals surface area contributed by atoms with Gasteiger partial charge in [-0.25, -0.2) is 0 Å². The molecule has 1 heterocycles. The molecule has 1 aliphatic heterocycles. The molecule has 3 N–H and O–H groups in total. The first kappa shape index (κ1) is 18.5. The number of amides is 1. The SMILES string of the molecule is NC(=O)c1ccccc1NCCCN1CCN(c2ccccc2Cl)CC1. The lowest BCUT2D eigenvalue weighted by molar-refractivity contribution is 0.100. The van der Waals surface area contributed by atoms with Gasteiger partial charge in [0.1, 0.15) is 0 Å². The molecule has 26 heavy (non-hydrogen) atoms. The van der Waals surface area contributed by atoms with Crippen molar-refractivity contribution in [2.45, 2.75) is 6.42 Å². The average Bonchev–Trinajstić information content (AvgIpc) is 2.66. The minimum Gasteiger partial charge on any atom is -0.384 e. The van der Waals surface area contributed by atoms with Crippen molar-refractivity contribution >= 4 is 28.9 Å². The number of hydrogen-bond acceptors (Lipinski definition) is 4. The van der Waals surface area contributed by atoms with E-state index in [1.165, 1.54) is 0 Å². The van der Waals surface area contributed by atoms with Crippen LogP contribution in [0.15, 0.2) is 48.5 Å². The van der Waals surface area contributed by atoms with Gasteiger partial charge in [-0.2, -0.15) is 0 Å². The molecule has 3 rings (SSSR count). The van der Waals surface area contributed by atoms with E-state index in [-0.39, 0.29) is 0 Å². The summed E-state index contributed by atoms with van der Waals surface area (Å²) in [5.74, 6) is -0.399. The van der Waals surface area contributed by atoms with Gasteiger partial charge in [-0.15, -0.1) is 0 Å². The monoisotopic (exact) mass is 372 g/mol. The Labute approximate surface area is 159 Å². The van der Waals surface area contributed by atoms with Crippen molar-refractivity contribution in [2.75, 3.05) is 49.5 Å². The van der Waals surface area contributed by atoms with Crippen molar-refractivity contribution in [3.63, 3.8) is 0 Å². The van der Waals surface area contributed by atoms with Crippen molar-refractivity contribution < 1.29 is 4.79 Å². The van der Waals surface area contributed by atoms with E-state index in [9.17, 15) is 4.79 Å². The van der Waals surface area contributed by atoms with E-state index in [1.54, 1.807) is 6.07 Å². The van der Waals surface area contributed by atoms with Gasteiger partial charge in [0.25, 0.3) is 5.91 Å². The largest absolute Gasteiger partial charge is 0.384 e. The van der Waals surface area contributed by atoms with Crippen molar-refractivity contribution in [3.8, 4) is 0 Å². The molecule has 1 aliphatic rings. The molecule has 0 aliphatic carbocycles. The molecule has 6 heteroatoms. The molecular weight excluding hydrogens is 348 g/mol. The highest BCUT2D eigenvalue weighted by molar-refractivity contribution is 6.33. The summed E-state index contributed by atoms with van der Waals surface area (Å²) in [5.41, 5.74) is 7.88. The summed E-state index contributed by atoms with van der Waals surface area (Å²) in [4.78, 5) is 16.2. The third-order valence-corrected chi connectivity index (χ3v) is 5.04. The van der Waals surface area contributed by atoms with Crippen LogP contribution >= 0.6 is 11.6 Å². The van der Waals surface area contributed by atoms with Gasteiger partial charge < -0.3 is 16.0 Å². The molecule has 138 valence electrons. The predicted molar refractivity (Wildman–Crippen MR) is 108 cm³/mol. The van der Waals surface area contributed by atoms with Crippen molar-refractivity contribution in [2.24, 2.45) is 5.73 Å². The molecule has 0 aromatic heterocycles. The number of carbonyl (C=O) groups excluding carboxylic acids is 1. The quantitative estimate of drug-likeness (QED) is 0.733. The highest BCUT2D eigenvalue weighted by atomic mass is 35.5. The molecule has 1 saturated heterocycles. The van der Waals surface area contributed by atoms with Gasteiger partial charge >= 0.3 is 0 Å². The van der Waals surface area contributed by atoms with E-state index in [0.717, 1.165) is 62.1 Å². The Hall–Kier alpha value is -2.24. The van der Waals surface area contributed by atoms with Gasteiger partial charge in [0, 0.05) is 38.4 Å². The number of hydrogen-bond donors (Lipinski definition) is 2. The lowest BCUT2D eigenvalue weighted by atomic mass is 10.1. The van der Waals surface area contributed by atoms with Gasteiger partial charge in [-0.05, 0) is 37.2 Å². The van der Waals surface area contributed by atoms with Crippen LogP contribution in [0.2, 0.25) is 5.02 Å². The third-order valence-electron chi connectivity index (χ3n) is 4.72. The standard InChI is InChI=1S/C20H25ClN4O/c21-17-7-2-4-9-19(17)25-14-12-24(13-15-25)11-5-10-23-18-8-3-1-6-16(18)20(22)26/h1-4,6-9,23H,5,10-15H2,(H2,22,26). The maximum Gasteiger partial charge on any atom is 0.250 e. The minimum atomic E-state index is -0.399. The van der Waals surface area contributed by atoms with Crippen LogP contribution in [0.4, 0.5) is 11.4 Å². The maximum atomic E-state index is 11.4. The summed E-state index contributed by atoms with van der Waals surface area (Å²) >= 11 is 6.29. The molecule has 1 amide bonds. The summed E-state index contributed by atoms with van der Waals surface area (Å²) in [5, 5.41) is 4.14. The molecule has 2 aromatic rings. The zero-order chi connectivity index (χ0) is 18.4. The summed E-state index contributed by atoms with van der Waals surface area (Å²) in [6.45, 7) is 5.88.